The Hall–Kier alpha value is -3.58. The lowest BCUT2D eigenvalue weighted by atomic mass is 9.70. The molecule has 10 nitrogen and oxygen atoms in total. The second kappa shape index (κ2) is 11.5. The van der Waals surface area contributed by atoms with Crippen LogP contribution in [0.3, 0.4) is 0 Å². The van der Waals surface area contributed by atoms with E-state index in [4.69, 9.17) is 28.2 Å². The standard InChI is InChI=1S/C35H34Cl2FN5O5/c36-20-7-8-22-24(13-20)40-33(48)35(22)29(21-2-1-3-23(37)30(21)38)28-27(43(35)14-18-4-5-18)10-11-42-26-9-6-19(12-25(26)39-31(28)42)32(47)41-34(15-44,16-45)17-46/h1-3,6-9,12-13,18,27-29,44-46H,4-5,10-11,14-17H2,(H,40,48)(H,41,47)/t27-,28+,29-,35+/m0/s1. The summed E-state index contributed by atoms with van der Waals surface area (Å²) in [7, 11) is 0. The van der Waals surface area contributed by atoms with Gasteiger partial charge in [-0.05, 0) is 67.1 Å². The third-order valence-corrected chi connectivity index (χ3v) is 11.3. The van der Waals surface area contributed by atoms with Crippen molar-refractivity contribution in [3.63, 3.8) is 0 Å². The molecule has 250 valence electrons. The molecule has 48 heavy (non-hydrogen) atoms. The summed E-state index contributed by atoms with van der Waals surface area (Å²) in [6, 6.07) is 15.2. The van der Waals surface area contributed by atoms with Gasteiger partial charge >= 0.3 is 0 Å². The van der Waals surface area contributed by atoms with E-state index in [-0.39, 0.29) is 22.5 Å². The van der Waals surface area contributed by atoms with Gasteiger partial charge in [-0.2, -0.15) is 0 Å². The average Bonchev–Trinajstić information content (AvgIpc) is 3.68. The van der Waals surface area contributed by atoms with Crippen LogP contribution in [0.2, 0.25) is 10.0 Å². The minimum absolute atomic E-state index is 0.0285. The van der Waals surface area contributed by atoms with Gasteiger partial charge in [-0.25, -0.2) is 9.37 Å². The van der Waals surface area contributed by atoms with Crippen LogP contribution in [0.15, 0.2) is 54.6 Å². The van der Waals surface area contributed by atoms with Crippen LogP contribution in [0, 0.1) is 11.7 Å². The molecule has 5 N–H and O–H groups in total. The minimum atomic E-state index is -1.59. The van der Waals surface area contributed by atoms with Crippen molar-refractivity contribution < 1.29 is 29.3 Å². The Kier molecular flexibility index (Phi) is 7.59. The highest BCUT2D eigenvalue weighted by Crippen LogP contribution is 2.64. The molecule has 1 saturated carbocycles. The quantitative estimate of drug-likeness (QED) is 0.187. The fourth-order valence-corrected chi connectivity index (χ4v) is 8.67. The van der Waals surface area contributed by atoms with E-state index in [1.807, 2.05) is 6.07 Å². The molecule has 1 aliphatic carbocycles. The normalized spacial score (nSPS) is 24.9. The molecule has 4 heterocycles. The van der Waals surface area contributed by atoms with Gasteiger partial charge in [0.05, 0.1) is 35.9 Å². The molecule has 8 rings (SSSR count). The van der Waals surface area contributed by atoms with E-state index in [1.54, 1.807) is 42.5 Å². The fraction of sp³-hybridized carbons (Fsp3) is 0.400. The van der Waals surface area contributed by atoms with Crippen molar-refractivity contribution in [2.24, 2.45) is 5.92 Å². The van der Waals surface area contributed by atoms with Crippen LogP contribution in [0.25, 0.3) is 11.0 Å². The largest absolute Gasteiger partial charge is 0.394 e. The second-order valence-corrected chi connectivity index (χ2v) is 14.4. The number of halogens is 3. The van der Waals surface area contributed by atoms with Crippen molar-refractivity contribution in [1.82, 2.24) is 19.8 Å². The van der Waals surface area contributed by atoms with Crippen LogP contribution in [0.1, 0.15) is 58.4 Å². The molecule has 0 bridgehead atoms. The zero-order chi connectivity index (χ0) is 33.5. The highest BCUT2D eigenvalue weighted by atomic mass is 35.5. The lowest BCUT2D eigenvalue weighted by molar-refractivity contribution is -0.128. The molecule has 2 amide bonds. The summed E-state index contributed by atoms with van der Waals surface area (Å²) in [5.41, 5.74) is 0.376. The van der Waals surface area contributed by atoms with Gasteiger partial charge in [0, 0.05) is 52.8 Å². The SMILES string of the molecule is O=C(NC(CO)(CO)CO)c1ccc2c(c1)nc1n2CC[C@H]2[C@@H]1[C@H](c1cccc(Cl)c1F)[C@]1(C(=O)Nc3cc(Cl)ccc31)N2CC1CC1. The van der Waals surface area contributed by atoms with Crippen LogP contribution >= 0.6 is 23.2 Å². The number of nitrogens with zero attached hydrogens (tertiary/aromatic N) is 3. The lowest BCUT2D eigenvalue weighted by Gasteiger charge is -2.40. The number of hydrogen-bond donors (Lipinski definition) is 5. The van der Waals surface area contributed by atoms with E-state index in [9.17, 15) is 24.9 Å². The van der Waals surface area contributed by atoms with Crippen molar-refractivity contribution >= 4 is 51.7 Å². The maximum absolute atomic E-state index is 16.3. The van der Waals surface area contributed by atoms with Gasteiger partial charge < -0.3 is 30.5 Å². The zero-order valence-corrected chi connectivity index (χ0v) is 27.3. The number of nitrogens with one attached hydrogen (secondary N) is 2. The molecule has 1 aromatic heterocycles. The first-order valence-corrected chi connectivity index (χ1v) is 16.9. The molecule has 1 spiro atoms. The topological polar surface area (TPSA) is 140 Å². The number of aliphatic hydroxyl groups excluding tert-OH is 3. The Bertz CT molecular complexity index is 1970. The molecule has 2 fully saturated rings. The monoisotopic (exact) mass is 693 g/mol. The van der Waals surface area contributed by atoms with Crippen LogP contribution in [0.4, 0.5) is 10.1 Å². The number of aliphatic hydroxyl groups is 3. The van der Waals surface area contributed by atoms with Crippen molar-refractivity contribution in [3.05, 3.63) is 93.0 Å². The van der Waals surface area contributed by atoms with Gasteiger partial charge in [-0.3, -0.25) is 14.5 Å². The van der Waals surface area contributed by atoms with Crippen LogP contribution in [-0.2, 0) is 16.9 Å². The summed E-state index contributed by atoms with van der Waals surface area (Å²) < 4.78 is 18.4. The van der Waals surface area contributed by atoms with Gasteiger partial charge in [0.15, 0.2) is 0 Å². The number of fused-ring (bicyclic) bond motifs is 7. The van der Waals surface area contributed by atoms with Crippen LogP contribution < -0.4 is 10.6 Å². The number of hydrogen-bond acceptors (Lipinski definition) is 7. The number of benzene rings is 3. The van der Waals surface area contributed by atoms with Gasteiger partial charge in [0.2, 0.25) is 5.91 Å². The summed E-state index contributed by atoms with van der Waals surface area (Å²) in [4.78, 5) is 35.2. The Labute approximate surface area is 285 Å². The zero-order valence-electron chi connectivity index (χ0n) is 25.8. The molecule has 0 unspecified atom stereocenters. The van der Waals surface area contributed by atoms with Crippen LogP contribution in [0.5, 0.6) is 0 Å². The number of likely N-dealkylation sites (tertiary alicyclic amines) is 1. The summed E-state index contributed by atoms with van der Waals surface area (Å²) in [5, 5.41) is 35.3. The molecule has 4 atom stereocenters. The van der Waals surface area contributed by atoms with E-state index in [1.165, 1.54) is 6.07 Å². The first-order chi connectivity index (χ1) is 23.2. The van der Waals surface area contributed by atoms with E-state index in [2.05, 4.69) is 20.1 Å². The summed E-state index contributed by atoms with van der Waals surface area (Å²) in [6.07, 6.45) is 2.80. The molecular weight excluding hydrogens is 660 g/mol. The lowest BCUT2D eigenvalue weighted by Crippen LogP contribution is -2.57. The third kappa shape index (κ3) is 4.55. The van der Waals surface area contributed by atoms with Crippen molar-refractivity contribution in [2.45, 2.75) is 54.8 Å². The Morgan fingerprint density at radius 1 is 1.06 bits per heavy atom. The fourth-order valence-electron chi connectivity index (χ4n) is 8.32. The molecule has 0 radical (unpaired) electrons. The third-order valence-electron chi connectivity index (χ3n) is 10.8. The van der Waals surface area contributed by atoms with Gasteiger partial charge in [-0.15, -0.1) is 0 Å². The van der Waals surface area contributed by atoms with E-state index in [0.29, 0.717) is 53.0 Å². The summed E-state index contributed by atoms with van der Waals surface area (Å²) in [6.45, 7) is -0.696. The van der Waals surface area contributed by atoms with E-state index >= 15 is 4.39 Å². The Morgan fingerprint density at radius 2 is 1.83 bits per heavy atom. The van der Waals surface area contributed by atoms with Gasteiger partial charge in [0.25, 0.3) is 5.91 Å². The van der Waals surface area contributed by atoms with E-state index in [0.717, 1.165) is 23.9 Å². The number of aryl methyl sites for hydroxylation is 1. The number of imidazole rings is 1. The summed E-state index contributed by atoms with van der Waals surface area (Å²) >= 11 is 12.8. The average molecular weight is 695 g/mol. The maximum Gasteiger partial charge on any atom is 0.252 e. The summed E-state index contributed by atoms with van der Waals surface area (Å²) in [5.74, 6) is -1.43. The predicted molar refractivity (Wildman–Crippen MR) is 178 cm³/mol. The first-order valence-electron chi connectivity index (χ1n) is 16.1. The van der Waals surface area contributed by atoms with Crippen molar-refractivity contribution in [2.75, 3.05) is 31.7 Å². The molecule has 3 aliphatic heterocycles. The number of anilines is 1. The molecule has 13 heteroatoms. The number of carbonyl (C=O) groups excluding carboxylic acids is 2. The van der Waals surface area contributed by atoms with Gasteiger partial charge in [0.1, 0.15) is 22.7 Å². The Morgan fingerprint density at radius 3 is 2.56 bits per heavy atom. The Balaban J connectivity index is 1.32. The van der Waals surface area contributed by atoms with E-state index < -0.39 is 54.5 Å². The first kappa shape index (κ1) is 31.7. The number of carbonyl (C=O) groups is 2. The smallest absolute Gasteiger partial charge is 0.252 e. The van der Waals surface area contributed by atoms with Crippen molar-refractivity contribution in [3.8, 4) is 0 Å². The van der Waals surface area contributed by atoms with Crippen molar-refractivity contribution in [1.29, 1.82) is 0 Å². The number of rotatable bonds is 8. The van der Waals surface area contributed by atoms with Crippen LogP contribution in [-0.4, -0.2) is 79.5 Å². The maximum atomic E-state index is 16.3. The molecule has 1 saturated heterocycles. The molecule has 4 aromatic rings. The highest BCUT2D eigenvalue weighted by molar-refractivity contribution is 6.31. The second-order valence-electron chi connectivity index (χ2n) is 13.5. The molecule has 3 aromatic carbocycles. The minimum Gasteiger partial charge on any atom is -0.394 e. The predicted octanol–water partition coefficient (Wildman–Crippen LogP) is 4.14. The van der Waals surface area contributed by atoms with Gasteiger partial charge in [-0.1, -0.05) is 41.4 Å². The number of aromatic nitrogens is 2. The molecule has 4 aliphatic rings. The molecular formula is C35H34Cl2FN5O5. The highest BCUT2D eigenvalue weighted by Gasteiger charge is 2.69. The number of amides is 2.